The second-order valence-electron chi connectivity index (χ2n) is 8.02. The minimum Gasteiger partial charge on any atom is -0.479 e. The summed E-state index contributed by atoms with van der Waals surface area (Å²) in [6.45, 7) is 2.42. The first kappa shape index (κ1) is 19.9. The molecule has 1 heterocycles. The molecule has 0 spiro atoms. The van der Waals surface area contributed by atoms with E-state index in [0.29, 0.717) is 24.5 Å². The number of rotatable bonds is 6. The molecular weight excluding hydrogens is 390 g/mol. The molecule has 4 rings (SSSR count). The fraction of sp³-hybridized carbons (Fsp3) is 0.391. The number of amides is 1. The van der Waals surface area contributed by atoms with Crippen molar-refractivity contribution in [1.82, 2.24) is 4.90 Å². The summed E-state index contributed by atoms with van der Waals surface area (Å²) in [4.78, 5) is 26.8. The van der Waals surface area contributed by atoms with Gasteiger partial charge in [-0.25, -0.2) is 4.79 Å². The maximum absolute atomic E-state index is 13.5. The van der Waals surface area contributed by atoms with Gasteiger partial charge in [0.15, 0.2) is 6.10 Å². The van der Waals surface area contributed by atoms with Crippen LogP contribution in [0.5, 0.6) is 0 Å². The minimum atomic E-state index is -1.01. The lowest BCUT2D eigenvalue weighted by Crippen LogP contribution is -2.43. The zero-order valence-electron chi connectivity index (χ0n) is 16.3. The molecule has 1 aliphatic carbocycles. The van der Waals surface area contributed by atoms with Crippen molar-refractivity contribution < 1.29 is 19.4 Å². The quantitative estimate of drug-likeness (QED) is 0.777. The highest BCUT2D eigenvalue weighted by molar-refractivity contribution is 6.30. The first-order valence-corrected chi connectivity index (χ1v) is 10.3. The molecule has 1 saturated carbocycles. The smallest absolute Gasteiger partial charge is 0.332 e. The third kappa shape index (κ3) is 3.65. The molecule has 2 aromatic carbocycles. The Kier molecular flexibility index (Phi) is 5.13. The number of hydrogen-bond donors (Lipinski definition) is 1. The van der Waals surface area contributed by atoms with E-state index in [1.165, 1.54) is 6.92 Å². The van der Waals surface area contributed by atoms with Crippen molar-refractivity contribution >= 4 is 23.5 Å². The first-order chi connectivity index (χ1) is 13.9. The summed E-state index contributed by atoms with van der Waals surface area (Å²) in [7, 11) is 0. The van der Waals surface area contributed by atoms with E-state index in [-0.39, 0.29) is 5.91 Å². The number of carbonyl (C=O) groups is 2. The van der Waals surface area contributed by atoms with Crippen molar-refractivity contribution in [1.29, 1.82) is 0 Å². The number of ether oxygens (including phenoxy) is 1. The predicted octanol–water partition coefficient (Wildman–Crippen LogP) is 3.99. The molecule has 1 aliphatic heterocycles. The minimum absolute atomic E-state index is 0.0872. The van der Waals surface area contributed by atoms with Crippen molar-refractivity contribution in [2.45, 2.75) is 43.3 Å². The highest BCUT2D eigenvalue weighted by Crippen LogP contribution is 2.51. The van der Waals surface area contributed by atoms with Gasteiger partial charge in [0.1, 0.15) is 5.60 Å². The van der Waals surface area contributed by atoms with Crippen LogP contribution in [0.25, 0.3) is 0 Å². The van der Waals surface area contributed by atoms with Gasteiger partial charge >= 0.3 is 5.97 Å². The average molecular weight is 414 g/mol. The van der Waals surface area contributed by atoms with Gasteiger partial charge in [0, 0.05) is 11.6 Å². The molecule has 5 nitrogen and oxygen atoms in total. The largest absolute Gasteiger partial charge is 0.479 e. The molecule has 0 radical (unpaired) electrons. The lowest BCUT2D eigenvalue weighted by Gasteiger charge is -2.33. The Morgan fingerprint density at radius 2 is 1.69 bits per heavy atom. The summed E-state index contributed by atoms with van der Waals surface area (Å²) >= 11 is 6.01. The van der Waals surface area contributed by atoms with Crippen LogP contribution in [0.3, 0.4) is 0 Å². The molecular formula is C23H24ClNO4. The van der Waals surface area contributed by atoms with Gasteiger partial charge in [-0.3, -0.25) is 4.79 Å². The van der Waals surface area contributed by atoms with E-state index in [9.17, 15) is 14.7 Å². The van der Waals surface area contributed by atoms with E-state index in [1.54, 1.807) is 0 Å². The Morgan fingerprint density at radius 1 is 1.03 bits per heavy atom. The van der Waals surface area contributed by atoms with E-state index in [4.69, 9.17) is 16.3 Å². The fourth-order valence-corrected chi connectivity index (χ4v) is 4.43. The Balaban J connectivity index is 1.60. The second-order valence-corrected chi connectivity index (χ2v) is 8.46. The Hall–Kier alpha value is -2.37. The van der Waals surface area contributed by atoms with Crippen molar-refractivity contribution in [3.05, 3.63) is 70.7 Å². The van der Waals surface area contributed by atoms with E-state index in [2.05, 4.69) is 0 Å². The summed E-state index contributed by atoms with van der Waals surface area (Å²) in [5.74, 6) is -0.922. The molecule has 2 aliphatic rings. The van der Waals surface area contributed by atoms with Crippen LogP contribution in [-0.2, 0) is 25.3 Å². The van der Waals surface area contributed by atoms with Crippen molar-refractivity contribution in [3.8, 4) is 0 Å². The third-order valence-corrected chi connectivity index (χ3v) is 6.38. The Bertz CT molecular complexity index is 910. The molecule has 2 unspecified atom stereocenters. The molecule has 1 saturated heterocycles. The molecule has 29 heavy (non-hydrogen) atoms. The van der Waals surface area contributed by atoms with Gasteiger partial charge in [-0.1, -0.05) is 54.1 Å². The molecule has 0 aromatic heterocycles. The molecule has 6 heteroatoms. The molecule has 2 fully saturated rings. The highest BCUT2D eigenvalue weighted by Gasteiger charge is 2.55. The predicted molar refractivity (Wildman–Crippen MR) is 110 cm³/mol. The maximum atomic E-state index is 13.5. The van der Waals surface area contributed by atoms with E-state index >= 15 is 0 Å². The molecule has 2 aromatic rings. The molecule has 0 bridgehead atoms. The Morgan fingerprint density at radius 3 is 2.28 bits per heavy atom. The SMILES string of the molecule is CC(OC1(c2ccccc2)CCN(C(=O)C2(c3ccc(Cl)cc3)CC2)C1)C(=O)O. The number of benzene rings is 2. The van der Waals surface area contributed by atoms with Crippen LogP contribution < -0.4 is 0 Å². The van der Waals surface area contributed by atoms with E-state index in [0.717, 1.165) is 24.0 Å². The molecule has 1 amide bonds. The van der Waals surface area contributed by atoms with Gasteiger partial charge in [-0.15, -0.1) is 0 Å². The van der Waals surface area contributed by atoms with Crippen LogP contribution in [-0.4, -0.2) is 41.1 Å². The maximum Gasteiger partial charge on any atom is 0.332 e. The van der Waals surface area contributed by atoms with Gasteiger partial charge in [0.2, 0.25) is 5.91 Å². The second kappa shape index (κ2) is 7.47. The van der Waals surface area contributed by atoms with Crippen molar-refractivity contribution in [3.63, 3.8) is 0 Å². The normalized spacial score (nSPS) is 23.6. The molecule has 1 N–H and O–H groups in total. The number of aliphatic carboxylic acids is 1. The van der Waals surface area contributed by atoms with Gasteiger partial charge < -0.3 is 14.7 Å². The monoisotopic (exact) mass is 413 g/mol. The van der Waals surface area contributed by atoms with Crippen LogP contribution in [0.1, 0.15) is 37.3 Å². The highest BCUT2D eigenvalue weighted by atomic mass is 35.5. The summed E-state index contributed by atoms with van der Waals surface area (Å²) < 4.78 is 6.07. The van der Waals surface area contributed by atoms with Crippen LogP contribution >= 0.6 is 11.6 Å². The number of likely N-dealkylation sites (tertiary alicyclic amines) is 1. The van der Waals surface area contributed by atoms with Gasteiger partial charge in [0.05, 0.1) is 12.0 Å². The van der Waals surface area contributed by atoms with Gasteiger partial charge in [0.25, 0.3) is 0 Å². The van der Waals surface area contributed by atoms with Crippen LogP contribution in [0.2, 0.25) is 5.02 Å². The third-order valence-electron chi connectivity index (χ3n) is 6.13. The van der Waals surface area contributed by atoms with Crippen molar-refractivity contribution in [2.75, 3.05) is 13.1 Å². The van der Waals surface area contributed by atoms with Gasteiger partial charge in [-0.2, -0.15) is 0 Å². The fourth-order valence-electron chi connectivity index (χ4n) is 4.31. The van der Waals surface area contributed by atoms with Crippen LogP contribution in [0.15, 0.2) is 54.6 Å². The van der Waals surface area contributed by atoms with Crippen molar-refractivity contribution in [2.24, 2.45) is 0 Å². The standard InChI is InChI=1S/C23H24ClNO4/c1-16(20(26)27)29-23(18-5-3-2-4-6-18)13-14-25(15-23)21(28)22(11-12-22)17-7-9-19(24)10-8-17/h2-10,16H,11-15H2,1H3,(H,26,27). The zero-order chi connectivity index (χ0) is 20.6. The molecule has 2 atom stereocenters. The lowest BCUT2D eigenvalue weighted by molar-refractivity contribution is -0.163. The summed E-state index contributed by atoms with van der Waals surface area (Å²) in [6.07, 6.45) is 1.23. The van der Waals surface area contributed by atoms with Crippen LogP contribution in [0, 0.1) is 0 Å². The average Bonchev–Trinajstić information content (AvgIpc) is 3.42. The zero-order valence-corrected chi connectivity index (χ0v) is 17.1. The van der Waals surface area contributed by atoms with E-state index in [1.807, 2.05) is 59.5 Å². The van der Waals surface area contributed by atoms with Crippen LogP contribution in [0.4, 0.5) is 0 Å². The van der Waals surface area contributed by atoms with Gasteiger partial charge in [-0.05, 0) is 49.4 Å². The number of carboxylic acids is 1. The number of carboxylic acid groups (broad SMARTS) is 1. The van der Waals surface area contributed by atoms with E-state index < -0.39 is 23.1 Å². The summed E-state index contributed by atoms with van der Waals surface area (Å²) in [5.41, 5.74) is 0.587. The Labute approximate surface area is 175 Å². The summed E-state index contributed by atoms with van der Waals surface area (Å²) in [6, 6.07) is 17.1. The first-order valence-electron chi connectivity index (χ1n) is 9.88. The topological polar surface area (TPSA) is 66.8 Å². The number of nitrogens with zero attached hydrogens (tertiary/aromatic N) is 1. The number of hydrogen-bond acceptors (Lipinski definition) is 3. The number of carbonyl (C=O) groups excluding carboxylic acids is 1. The summed E-state index contributed by atoms with van der Waals surface area (Å²) in [5, 5.41) is 10.0. The lowest BCUT2D eigenvalue weighted by atomic mass is 9.92. The molecule has 152 valence electrons. The number of halogens is 1.